The number of hydrogen-bond donors (Lipinski definition) is 0. The van der Waals surface area contributed by atoms with E-state index in [2.05, 4.69) is 15.9 Å². The van der Waals surface area contributed by atoms with E-state index in [0.29, 0.717) is 19.4 Å². The van der Waals surface area contributed by atoms with Crippen molar-refractivity contribution in [1.82, 2.24) is 4.57 Å². The first-order valence-electron chi connectivity index (χ1n) is 10.5. The molecule has 0 aliphatic rings. The Bertz CT molecular complexity index is 1150. The molecule has 0 unspecified atom stereocenters. The Labute approximate surface area is 197 Å². The molecule has 1 heterocycles. The molecule has 1 aromatic heterocycles. The predicted molar refractivity (Wildman–Crippen MR) is 129 cm³/mol. The number of rotatable bonds is 7. The van der Waals surface area contributed by atoms with Gasteiger partial charge in [0, 0.05) is 17.2 Å². The number of esters is 1. The van der Waals surface area contributed by atoms with Crippen LogP contribution in [0.1, 0.15) is 48.0 Å². The van der Waals surface area contributed by atoms with Crippen molar-refractivity contribution in [1.29, 1.82) is 0 Å². The van der Waals surface area contributed by atoms with Crippen molar-refractivity contribution in [3.8, 4) is 5.75 Å². The van der Waals surface area contributed by atoms with Gasteiger partial charge in [-0.05, 0) is 75.1 Å². The number of benzene rings is 2. The first-order chi connectivity index (χ1) is 15.1. The lowest BCUT2D eigenvalue weighted by molar-refractivity contribution is 0.00669. The van der Waals surface area contributed by atoms with E-state index in [1.54, 1.807) is 33.9 Å². The maximum Gasteiger partial charge on any atom is 0.344 e. The van der Waals surface area contributed by atoms with Crippen molar-refractivity contribution in [3.05, 3.63) is 97.9 Å². The highest BCUT2D eigenvalue weighted by Crippen LogP contribution is 2.25. The molecule has 5 nitrogen and oxygen atoms in total. The van der Waals surface area contributed by atoms with Gasteiger partial charge in [-0.3, -0.25) is 4.79 Å². The van der Waals surface area contributed by atoms with E-state index in [9.17, 15) is 9.59 Å². The molecule has 0 amide bonds. The summed E-state index contributed by atoms with van der Waals surface area (Å²) in [6, 6.07) is 19.3. The van der Waals surface area contributed by atoms with Gasteiger partial charge in [0.1, 0.15) is 23.5 Å². The molecule has 0 aliphatic heterocycles. The Morgan fingerprint density at radius 2 is 1.72 bits per heavy atom. The van der Waals surface area contributed by atoms with E-state index in [1.165, 1.54) is 4.57 Å². The molecule has 0 atom stereocenters. The second kappa shape index (κ2) is 10.2. The molecule has 2 aromatic carbocycles. The van der Waals surface area contributed by atoms with Crippen LogP contribution in [0.4, 0.5) is 0 Å². The molecule has 0 N–H and O–H groups in total. The molecule has 32 heavy (non-hydrogen) atoms. The van der Waals surface area contributed by atoms with Crippen LogP contribution in [0.15, 0.2) is 69.9 Å². The van der Waals surface area contributed by atoms with Gasteiger partial charge in [-0.2, -0.15) is 0 Å². The fourth-order valence-corrected chi connectivity index (χ4v) is 3.70. The van der Waals surface area contributed by atoms with Crippen LogP contribution in [0.3, 0.4) is 0 Å². The topological polar surface area (TPSA) is 57.5 Å². The summed E-state index contributed by atoms with van der Waals surface area (Å²) in [6.45, 7) is 5.82. The van der Waals surface area contributed by atoms with Crippen molar-refractivity contribution < 1.29 is 14.3 Å². The van der Waals surface area contributed by atoms with Gasteiger partial charge in [0.05, 0.1) is 0 Å². The third kappa shape index (κ3) is 6.33. The van der Waals surface area contributed by atoms with E-state index in [4.69, 9.17) is 9.47 Å². The summed E-state index contributed by atoms with van der Waals surface area (Å²) in [5.74, 6) is 0.209. The number of ether oxygens (including phenoxy) is 2. The molecular weight excluding hydrogens is 470 g/mol. The fraction of sp³-hybridized carbons (Fsp3) is 0.308. The number of nitrogens with zero attached hydrogens (tertiary/aromatic N) is 1. The SMILES string of the molecule is Cn1c(CCc2cc(Br)ccc2OCc2ccccc2)ccc(C(=O)OC(C)(C)C)c1=O. The molecule has 0 spiro atoms. The highest BCUT2D eigenvalue weighted by atomic mass is 79.9. The Kier molecular flexibility index (Phi) is 7.56. The van der Waals surface area contributed by atoms with Crippen LogP contribution >= 0.6 is 15.9 Å². The van der Waals surface area contributed by atoms with Gasteiger partial charge in [0.15, 0.2) is 0 Å². The van der Waals surface area contributed by atoms with Crippen LogP contribution in [0.25, 0.3) is 0 Å². The maximum absolute atomic E-state index is 12.7. The lowest BCUT2D eigenvalue weighted by atomic mass is 10.1. The van der Waals surface area contributed by atoms with Gasteiger partial charge in [-0.15, -0.1) is 0 Å². The Morgan fingerprint density at radius 3 is 2.41 bits per heavy atom. The largest absolute Gasteiger partial charge is 0.489 e. The number of carbonyl (C=O) groups excluding carboxylic acids is 1. The smallest absolute Gasteiger partial charge is 0.344 e. The average molecular weight is 498 g/mol. The number of carbonyl (C=O) groups is 1. The minimum atomic E-state index is -0.655. The Morgan fingerprint density at radius 1 is 1.00 bits per heavy atom. The normalized spacial score (nSPS) is 11.3. The van der Waals surface area contributed by atoms with E-state index >= 15 is 0 Å². The fourth-order valence-electron chi connectivity index (χ4n) is 3.30. The molecule has 0 fully saturated rings. The van der Waals surface area contributed by atoms with Crippen molar-refractivity contribution in [2.75, 3.05) is 0 Å². The highest BCUT2D eigenvalue weighted by molar-refractivity contribution is 9.10. The summed E-state index contributed by atoms with van der Waals surface area (Å²) in [4.78, 5) is 25.1. The molecule has 3 rings (SSSR count). The van der Waals surface area contributed by atoms with Gasteiger partial charge in [0.2, 0.25) is 0 Å². The second-order valence-corrected chi connectivity index (χ2v) is 9.55. The van der Waals surface area contributed by atoms with E-state index < -0.39 is 11.6 Å². The lowest BCUT2D eigenvalue weighted by Crippen LogP contribution is -2.31. The van der Waals surface area contributed by atoms with Crippen molar-refractivity contribution in [2.24, 2.45) is 7.05 Å². The van der Waals surface area contributed by atoms with Crippen LogP contribution < -0.4 is 10.3 Å². The third-order valence-electron chi connectivity index (χ3n) is 4.94. The highest BCUT2D eigenvalue weighted by Gasteiger charge is 2.21. The summed E-state index contributed by atoms with van der Waals surface area (Å²) in [5.41, 5.74) is 2.00. The van der Waals surface area contributed by atoms with Gasteiger partial charge in [-0.25, -0.2) is 4.79 Å². The zero-order chi connectivity index (χ0) is 23.3. The third-order valence-corrected chi connectivity index (χ3v) is 5.43. The van der Waals surface area contributed by atoms with Crippen molar-refractivity contribution >= 4 is 21.9 Å². The van der Waals surface area contributed by atoms with Crippen molar-refractivity contribution in [3.63, 3.8) is 0 Å². The number of hydrogen-bond acceptors (Lipinski definition) is 4. The van der Waals surface area contributed by atoms with Crippen molar-refractivity contribution in [2.45, 2.75) is 45.8 Å². The van der Waals surface area contributed by atoms with Gasteiger partial charge >= 0.3 is 5.97 Å². The first-order valence-corrected chi connectivity index (χ1v) is 11.3. The quantitative estimate of drug-likeness (QED) is 0.406. The van der Waals surface area contributed by atoms with Crippen LogP contribution in [-0.2, 0) is 31.2 Å². The summed E-state index contributed by atoms with van der Waals surface area (Å²) < 4.78 is 13.9. The standard InChI is InChI=1S/C26H28BrNO4/c1-26(2,3)32-25(30)22-14-13-21(28(4)24(22)29)12-10-19-16-20(27)11-15-23(19)31-17-18-8-6-5-7-9-18/h5-9,11,13-16H,10,12,17H2,1-4H3. The lowest BCUT2D eigenvalue weighted by Gasteiger charge is -2.19. The predicted octanol–water partition coefficient (Wildman–Crippen LogP) is 5.47. The van der Waals surface area contributed by atoms with Crippen LogP contribution in [0.5, 0.6) is 5.75 Å². The number of pyridine rings is 1. The van der Waals surface area contributed by atoms with E-state index in [0.717, 1.165) is 27.0 Å². The molecule has 168 valence electrons. The number of aromatic nitrogens is 1. The van der Waals surface area contributed by atoms with Crippen LogP contribution in [0, 0.1) is 0 Å². The molecule has 0 saturated heterocycles. The summed E-state index contributed by atoms with van der Waals surface area (Å²) in [7, 11) is 1.68. The van der Waals surface area contributed by atoms with Gasteiger partial charge < -0.3 is 14.0 Å². The van der Waals surface area contributed by atoms with Crippen LogP contribution in [0.2, 0.25) is 0 Å². The molecule has 0 aliphatic carbocycles. The zero-order valence-electron chi connectivity index (χ0n) is 18.9. The summed E-state index contributed by atoms with van der Waals surface area (Å²) in [6.07, 6.45) is 1.31. The maximum atomic E-state index is 12.7. The van der Waals surface area contributed by atoms with E-state index in [1.807, 2.05) is 54.6 Å². The van der Waals surface area contributed by atoms with Crippen LogP contribution in [-0.4, -0.2) is 16.1 Å². The summed E-state index contributed by atoms with van der Waals surface area (Å²) in [5, 5.41) is 0. The monoisotopic (exact) mass is 497 g/mol. The minimum Gasteiger partial charge on any atom is -0.489 e. The Balaban J connectivity index is 1.75. The van der Waals surface area contributed by atoms with E-state index in [-0.39, 0.29) is 11.1 Å². The second-order valence-electron chi connectivity index (χ2n) is 8.63. The number of halogens is 1. The molecule has 0 radical (unpaired) electrons. The molecule has 0 bridgehead atoms. The Hall–Kier alpha value is -2.86. The summed E-state index contributed by atoms with van der Waals surface area (Å²) >= 11 is 3.53. The zero-order valence-corrected chi connectivity index (χ0v) is 20.4. The molecule has 6 heteroatoms. The van der Waals surface area contributed by atoms with Gasteiger partial charge in [0.25, 0.3) is 5.56 Å². The molecular formula is C26H28BrNO4. The molecule has 3 aromatic rings. The molecule has 0 saturated carbocycles. The van der Waals surface area contributed by atoms with Gasteiger partial charge in [-0.1, -0.05) is 46.3 Å². The number of aryl methyl sites for hydroxylation is 2. The first kappa shape index (κ1) is 23.8. The average Bonchev–Trinajstić information content (AvgIpc) is 2.73. The minimum absolute atomic E-state index is 0.0421.